The summed E-state index contributed by atoms with van der Waals surface area (Å²) in [4.78, 5) is 8.94. The molecule has 1 aromatic heterocycles. The fourth-order valence-corrected chi connectivity index (χ4v) is 2.83. The minimum absolute atomic E-state index is 0.0591. The predicted octanol–water partition coefficient (Wildman–Crippen LogP) is 3.53. The first kappa shape index (κ1) is 19.1. The molecule has 0 aliphatic heterocycles. The standard InChI is InChI=1S/C18H22FN3O2S/c1-6-7-15-16(12(2)3)20-18(22(4)25(5,23)24)21-17(15)13-8-10-14(19)11-9-13/h6,8-12H,1,7H2,2-5H3. The van der Waals surface area contributed by atoms with Crippen molar-refractivity contribution in [2.24, 2.45) is 0 Å². The maximum absolute atomic E-state index is 13.3. The molecule has 134 valence electrons. The molecule has 1 heterocycles. The van der Waals surface area contributed by atoms with Gasteiger partial charge in [-0.3, -0.25) is 0 Å². The Hall–Kier alpha value is -2.28. The molecule has 25 heavy (non-hydrogen) atoms. The van der Waals surface area contributed by atoms with Crippen LogP contribution in [-0.4, -0.2) is 31.7 Å². The summed E-state index contributed by atoms with van der Waals surface area (Å²) < 4.78 is 38.1. The molecule has 2 aromatic rings. The fourth-order valence-electron chi connectivity index (χ4n) is 2.45. The summed E-state index contributed by atoms with van der Waals surface area (Å²) >= 11 is 0. The monoisotopic (exact) mass is 363 g/mol. The van der Waals surface area contributed by atoms with E-state index in [1.807, 2.05) is 13.8 Å². The van der Waals surface area contributed by atoms with Crippen molar-refractivity contribution in [2.75, 3.05) is 17.6 Å². The molecule has 0 atom stereocenters. The van der Waals surface area contributed by atoms with Crippen molar-refractivity contribution < 1.29 is 12.8 Å². The van der Waals surface area contributed by atoms with Gasteiger partial charge in [0.15, 0.2) is 0 Å². The highest BCUT2D eigenvalue weighted by molar-refractivity contribution is 7.92. The first-order chi connectivity index (χ1) is 11.6. The van der Waals surface area contributed by atoms with Crippen molar-refractivity contribution in [1.82, 2.24) is 9.97 Å². The van der Waals surface area contributed by atoms with Crippen LogP contribution in [0.2, 0.25) is 0 Å². The molecule has 0 unspecified atom stereocenters. The molecule has 0 saturated carbocycles. The zero-order valence-electron chi connectivity index (χ0n) is 14.8. The molecule has 1 aromatic carbocycles. The van der Waals surface area contributed by atoms with Crippen molar-refractivity contribution in [3.63, 3.8) is 0 Å². The highest BCUT2D eigenvalue weighted by atomic mass is 32.2. The van der Waals surface area contributed by atoms with Crippen LogP contribution in [0.5, 0.6) is 0 Å². The third-order valence-corrected chi connectivity index (χ3v) is 4.98. The van der Waals surface area contributed by atoms with Gasteiger partial charge in [-0.2, -0.15) is 0 Å². The highest BCUT2D eigenvalue weighted by Gasteiger charge is 2.22. The summed E-state index contributed by atoms with van der Waals surface area (Å²) in [7, 11) is -2.09. The summed E-state index contributed by atoms with van der Waals surface area (Å²) in [6, 6.07) is 5.95. The molecule has 5 nitrogen and oxygen atoms in total. The predicted molar refractivity (Wildman–Crippen MR) is 98.7 cm³/mol. The maximum atomic E-state index is 13.3. The van der Waals surface area contributed by atoms with E-state index in [0.29, 0.717) is 17.7 Å². The number of anilines is 1. The minimum atomic E-state index is -3.50. The van der Waals surface area contributed by atoms with Crippen molar-refractivity contribution in [3.8, 4) is 11.3 Å². The normalized spacial score (nSPS) is 11.6. The number of hydrogen-bond acceptors (Lipinski definition) is 4. The van der Waals surface area contributed by atoms with Gasteiger partial charge in [0.25, 0.3) is 0 Å². The number of benzene rings is 1. The van der Waals surface area contributed by atoms with Gasteiger partial charge < -0.3 is 0 Å². The second kappa shape index (κ2) is 7.31. The Bertz CT molecular complexity index is 878. The van der Waals surface area contributed by atoms with Crippen LogP contribution >= 0.6 is 0 Å². The molecule has 0 bridgehead atoms. The Morgan fingerprint density at radius 2 is 1.84 bits per heavy atom. The molecule has 0 radical (unpaired) electrons. The van der Waals surface area contributed by atoms with E-state index < -0.39 is 10.0 Å². The Morgan fingerprint density at radius 3 is 2.32 bits per heavy atom. The number of allylic oxidation sites excluding steroid dienone is 1. The molecule has 0 spiro atoms. The largest absolute Gasteiger partial charge is 0.241 e. The van der Waals surface area contributed by atoms with E-state index in [2.05, 4.69) is 16.5 Å². The van der Waals surface area contributed by atoms with Crippen LogP contribution in [0.1, 0.15) is 31.0 Å². The lowest BCUT2D eigenvalue weighted by molar-refractivity contribution is 0.599. The smallest absolute Gasteiger partial charge is 0.239 e. The van der Waals surface area contributed by atoms with Gasteiger partial charge in [-0.05, 0) is 36.6 Å². The average Bonchev–Trinajstić information content (AvgIpc) is 2.54. The van der Waals surface area contributed by atoms with Gasteiger partial charge in [0.1, 0.15) is 5.82 Å². The molecule has 0 aliphatic rings. The Labute approximate surface area is 148 Å². The van der Waals surface area contributed by atoms with Gasteiger partial charge in [0.05, 0.1) is 17.6 Å². The summed E-state index contributed by atoms with van der Waals surface area (Å²) in [6.45, 7) is 7.74. The molecule has 0 aliphatic carbocycles. The quantitative estimate of drug-likeness (QED) is 0.737. The number of halogens is 1. The van der Waals surface area contributed by atoms with E-state index in [1.165, 1.54) is 19.2 Å². The van der Waals surface area contributed by atoms with E-state index in [1.54, 1.807) is 18.2 Å². The third-order valence-electron chi connectivity index (χ3n) is 3.82. The van der Waals surface area contributed by atoms with Crippen molar-refractivity contribution in [3.05, 3.63) is 54.0 Å². The zero-order valence-corrected chi connectivity index (χ0v) is 15.6. The van der Waals surface area contributed by atoms with E-state index >= 15 is 0 Å². The first-order valence-corrected chi connectivity index (χ1v) is 9.71. The van der Waals surface area contributed by atoms with E-state index in [4.69, 9.17) is 0 Å². The van der Waals surface area contributed by atoms with Gasteiger partial charge in [0, 0.05) is 18.2 Å². The number of hydrogen-bond donors (Lipinski definition) is 0. The molecule has 0 N–H and O–H groups in total. The Morgan fingerprint density at radius 1 is 1.24 bits per heavy atom. The van der Waals surface area contributed by atoms with Crippen LogP contribution in [-0.2, 0) is 16.4 Å². The molecular weight excluding hydrogens is 341 g/mol. The van der Waals surface area contributed by atoms with Gasteiger partial charge in [-0.25, -0.2) is 27.1 Å². The second-order valence-corrected chi connectivity index (χ2v) is 8.13. The van der Waals surface area contributed by atoms with Crippen LogP contribution in [0.4, 0.5) is 10.3 Å². The van der Waals surface area contributed by atoms with Crippen LogP contribution in [0, 0.1) is 5.82 Å². The van der Waals surface area contributed by atoms with Crippen LogP contribution in [0.25, 0.3) is 11.3 Å². The van der Waals surface area contributed by atoms with Crippen molar-refractivity contribution in [1.29, 1.82) is 0 Å². The van der Waals surface area contributed by atoms with Crippen LogP contribution in [0.3, 0.4) is 0 Å². The second-order valence-electron chi connectivity index (χ2n) is 6.12. The van der Waals surface area contributed by atoms with Crippen LogP contribution in [0.15, 0.2) is 36.9 Å². The lowest BCUT2D eigenvalue weighted by atomic mass is 9.96. The van der Waals surface area contributed by atoms with Gasteiger partial charge >= 0.3 is 0 Å². The summed E-state index contributed by atoms with van der Waals surface area (Å²) in [5, 5.41) is 0. The maximum Gasteiger partial charge on any atom is 0.239 e. The molecule has 7 heteroatoms. The topological polar surface area (TPSA) is 63.2 Å². The summed E-state index contributed by atoms with van der Waals surface area (Å²) in [6.07, 6.45) is 3.38. The number of rotatable bonds is 6. The molecule has 0 fully saturated rings. The molecule has 0 saturated heterocycles. The molecule has 0 amide bonds. The van der Waals surface area contributed by atoms with Crippen molar-refractivity contribution in [2.45, 2.75) is 26.2 Å². The average molecular weight is 363 g/mol. The lowest BCUT2D eigenvalue weighted by Crippen LogP contribution is -2.27. The Balaban J connectivity index is 2.79. The third kappa shape index (κ3) is 4.22. The lowest BCUT2D eigenvalue weighted by Gasteiger charge is -2.21. The van der Waals surface area contributed by atoms with E-state index in [0.717, 1.165) is 21.8 Å². The Kier molecular flexibility index (Phi) is 5.57. The van der Waals surface area contributed by atoms with Crippen molar-refractivity contribution >= 4 is 16.0 Å². The van der Waals surface area contributed by atoms with Crippen LogP contribution < -0.4 is 4.31 Å². The zero-order chi connectivity index (χ0) is 18.8. The highest BCUT2D eigenvalue weighted by Crippen LogP contribution is 2.31. The van der Waals surface area contributed by atoms with E-state index in [9.17, 15) is 12.8 Å². The van der Waals surface area contributed by atoms with Gasteiger partial charge in [-0.1, -0.05) is 19.9 Å². The minimum Gasteiger partial charge on any atom is -0.241 e. The SMILES string of the molecule is C=CCc1c(-c2ccc(F)cc2)nc(N(C)S(C)(=O)=O)nc1C(C)C. The fraction of sp³-hybridized carbons (Fsp3) is 0.333. The number of nitrogens with zero attached hydrogens (tertiary/aromatic N) is 3. The summed E-state index contributed by atoms with van der Waals surface area (Å²) in [5.74, 6) is -0.192. The van der Waals surface area contributed by atoms with E-state index in [-0.39, 0.29) is 17.7 Å². The van der Waals surface area contributed by atoms with Gasteiger partial charge in [-0.15, -0.1) is 6.58 Å². The van der Waals surface area contributed by atoms with Gasteiger partial charge in [0.2, 0.25) is 16.0 Å². The number of sulfonamides is 1. The first-order valence-electron chi connectivity index (χ1n) is 7.86. The molecule has 2 rings (SSSR count). The molecular formula is C18H22FN3O2S. The number of aromatic nitrogens is 2. The summed E-state index contributed by atoms with van der Waals surface area (Å²) in [5.41, 5.74) is 2.90.